The number of aryl methyl sites for hydroxylation is 2. The van der Waals surface area contributed by atoms with Crippen LogP contribution in [0.15, 0.2) is 41.8 Å². The highest BCUT2D eigenvalue weighted by atomic mass is 35.5. The van der Waals surface area contributed by atoms with Crippen LogP contribution >= 0.6 is 22.9 Å². The highest BCUT2D eigenvalue weighted by molar-refractivity contribution is 7.15. The van der Waals surface area contributed by atoms with Gasteiger partial charge in [0, 0.05) is 16.0 Å². The van der Waals surface area contributed by atoms with Crippen molar-refractivity contribution in [3.05, 3.63) is 69.3 Å². The summed E-state index contributed by atoms with van der Waals surface area (Å²) in [5, 5.41) is 5.49. The van der Waals surface area contributed by atoms with Crippen LogP contribution in [-0.2, 0) is 9.53 Å². The second-order valence-corrected chi connectivity index (χ2v) is 8.46. The molecule has 1 heterocycles. The molecule has 0 radical (unpaired) electrons. The molecule has 1 atom stereocenters. The molecule has 0 spiro atoms. The second kappa shape index (κ2) is 10.1. The van der Waals surface area contributed by atoms with E-state index in [9.17, 15) is 14.0 Å². The van der Waals surface area contributed by atoms with Crippen LogP contribution in [0.4, 0.5) is 9.39 Å². The summed E-state index contributed by atoms with van der Waals surface area (Å²) < 4.78 is 24.3. The van der Waals surface area contributed by atoms with Crippen molar-refractivity contribution in [2.75, 3.05) is 11.9 Å². The molecule has 0 aliphatic heterocycles. The number of halogens is 2. The van der Waals surface area contributed by atoms with Crippen molar-refractivity contribution in [1.82, 2.24) is 0 Å². The van der Waals surface area contributed by atoms with E-state index in [-0.39, 0.29) is 18.0 Å². The molecule has 0 aliphatic carbocycles. The van der Waals surface area contributed by atoms with Gasteiger partial charge in [0.05, 0.1) is 6.61 Å². The second-order valence-electron chi connectivity index (χ2n) is 7.20. The Balaban J connectivity index is 1.85. The predicted octanol–water partition coefficient (Wildman–Crippen LogP) is 6.41. The molecule has 1 unspecified atom stereocenters. The lowest BCUT2D eigenvalue weighted by atomic mass is 10.0. The maximum absolute atomic E-state index is 13.3. The first-order valence-electron chi connectivity index (χ1n) is 10.00. The maximum atomic E-state index is 13.3. The highest BCUT2D eigenvalue weighted by Crippen LogP contribution is 2.36. The van der Waals surface area contributed by atoms with Gasteiger partial charge >= 0.3 is 5.97 Å². The zero-order valence-electron chi connectivity index (χ0n) is 18.1. The van der Waals surface area contributed by atoms with Gasteiger partial charge in [-0.15, -0.1) is 11.3 Å². The monoisotopic (exact) mass is 475 g/mol. The number of nitrogens with one attached hydrogen (secondary N) is 1. The average Bonchev–Trinajstić information content (AvgIpc) is 3.16. The van der Waals surface area contributed by atoms with Gasteiger partial charge in [0.25, 0.3) is 5.91 Å². The minimum Gasteiger partial charge on any atom is -0.481 e. The first-order chi connectivity index (χ1) is 15.2. The number of rotatable bonds is 7. The molecule has 168 valence electrons. The van der Waals surface area contributed by atoms with Gasteiger partial charge in [-0.3, -0.25) is 4.79 Å². The molecule has 1 aromatic heterocycles. The number of ether oxygens (including phenoxy) is 2. The molecule has 0 bridgehead atoms. The van der Waals surface area contributed by atoms with Crippen LogP contribution in [0, 0.1) is 19.7 Å². The summed E-state index contributed by atoms with van der Waals surface area (Å²) in [6.45, 7) is 7.22. The van der Waals surface area contributed by atoms with E-state index in [0.29, 0.717) is 26.9 Å². The lowest BCUT2D eigenvalue weighted by Gasteiger charge is -2.16. The van der Waals surface area contributed by atoms with Crippen LogP contribution in [-0.4, -0.2) is 24.6 Å². The van der Waals surface area contributed by atoms with E-state index in [4.69, 9.17) is 21.1 Å². The topological polar surface area (TPSA) is 64.6 Å². The molecule has 1 N–H and O–H groups in total. The summed E-state index contributed by atoms with van der Waals surface area (Å²) in [5.74, 6) is -0.848. The molecule has 3 aromatic rings. The fourth-order valence-electron chi connectivity index (χ4n) is 3.14. The minimum atomic E-state index is -0.832. The smallest absolute Gasteiger partial charge is 0.341 e. The van der Waals surface area contributed by atoms with E-state index in [2.05, 4.69) is 5.32 Å². The Morgan fingerprint density at radius 2 is 1.78 bits per heavy atom. The van der Waals surface area contributed by atoms with Crippen molar-refractivity contribution in [2.24, 2.45) is 0 Å². The van der Waals surface area contributed by atoms with Crippen molar-refractivity contribution >= 4 is 39.8 Å². The predicted molar refractivity (Wildman–Crippen MR) is 125 cm³/mol. The molecule has 32 heavy (non-hydrogen) atoms. The summed E-state index contributed by atoms with van der Waals surface area (Å²) in [7, 11) is 0. The summed E-state index contributed by atoms with van der Waals surface area (Å²) in [4.78, 5) is 25.5. The number of carbonyl (C=O) groups excluding carboxylic acids is 2. The molecular weight excluding hydrogens is 453 g/mol. The van der Waals surface area contributed by atoms with Crippen LogP contribution in [0.1, 0.15) is 35.3 Å². The summed E-state index contributed by atoms with van der Waals surface area (Å²) in [6.07, 6.45) is -0.832. The van der Waals surface area contributed by atoms with E-state index in [1.807, 2.05) is 13.8 Å². The van der Waals surface area contributed by atoms with E-state index >= 15 is 0 Å². The maximum Gasteiger partial charge on any atom is 0.341 e. The number of thiophene rings is 1. The number of benzene rings is 2. The van der Waals surface area contributed by atoms with Gasteiger partial charge in [-0.2, -0.15) is 0 Å². The summed E-state index contributed by atoms with van der Waals surface area (Å²) in [5.41, 5.74) is 3.12. The van der Waals surface area contributed by atoms with Crippen molar-refractivity contribution in [3.63, 3.8) is 0 Å². The third-order valence-corrected chi connectivity index (χ3v) is 6.25. The van der Waals surface area contributed by atoms with Crippen LogP contribution in [0.2, 0.25) is 5.02 Å². The third-order valence-electron chi connectivity index (χ3n) is 4.75. The lowest BCUT2D eigenvalue weighted by molar-refractivity contribution is -0.122. The zero-order valence-corrected chi connectivity index (χ0v) is 19.7. The Labute approximate surface area is 195 Å². The first kappa shape index (κ1) is 23.8. The Hall–Kier alpha value is -2.90. The molecule has 0 saturated carbocycles. The van der Waals surface area contributed by atoms with E-state index < -0.39 is 18.0 Å². The summed E-state index contributed by atoms with van der Waals surface area (Å²) in [6, 6.07) is 9.30. The number of hydrogen-bond acceptors (Lipinski definition) is 5. The normalized spacial score (nSPS) is 11.7. The molecule has 5 nitrogen and oxygen atoms in total. The van der Waals surface area contributed by atoms with Gasteiger partial charge in [0.2, 0.25) is 0 Å². The fourth-order valence-corrected chi connectivity index (χ4v) is 4.21. The molecule has 1 amide bonds. The zero-order chi connectivity index (χ0) is 23.4. The lowest BCUT2D eigenvalue weighted by Crippen LogP contribution is -2.30. The van der Waals surface area contributed by atoms with E-state index in [1.54, 1.807) is 43.5 Å². The Morgan fingerprint density at radius 3 is 2.38 bits per heavy atom. The summed E-state index contributed by atoms with van der Waals surface area (Å²) >= 11 is 7.38. The van der Waals surface area contributed by atoms with Crippen LogP contribution in [0.5, 0.6) is 5.75 Å². The SMILES string of the molecule is CCOC(=O)c1c(-c2ccc(F)cc2)csc1NC(=O)C(C)Oc1cc(C)c(Cl)c(C)c1. The Bertz CT molecular complexity index is 1120. The molecular formula is C24H23ClFNO4S. The molecule has 0 saturated heterocycles. The van der Waals surface area contributed by atoms with Crippen molar-refractivity contribution in [1.29, 1.82) is 0 Å². The van der Waals surface area contributed by atoms with Gasteiger partial charge in [0.1, 0.15) is 22.1 Å². The fraction of sp³-hybridized carbons (Fsp3) is 0.250. The van der Waals surface area contributed by atoms with Crippen molar-refractivity contribution in [3.8, 4) is 16.9 Å². The molecule has 0 aliphatic rings. The molecule has 3 rings (SSSR count). The van der Waals surface area contributed by atoms with E-state index in [0.717, 1.165) is 11.1 Å². The Morgan fingerprint density at radius 1 is 1.16 bits per heavy atom. The van der Waals surface area contributed by atoms with Gasteiger partial charge in [-0.1, -0.05) is 23.7 Å². The highest BCUT2D eigenvalue weighted by Gasteiger charge is 2.25. The largest absolute Gasteiger partial charge is 0.481 e. The van der Waals surface area contributed by atoms with Gasteiger partial charge < -0.3 is 14.8 Å². The number of amides is 1. The van der Waals surface area contributed by atoms with Crippen LogP contribution in [0.3, 0.4) is 0 Å². The number of esters is 1. The van der Waals surface area contributed by atoms with Crippen LogP contribution < -0.4 is 10.1 Å². The minimum absolute atomic E-state index is 0.180. The quantitative estimate of drug-likeness (QED) is 0.401. The van der Waals surface area contributed by atoms with Gasteiger partial charge in [-0.05, 0) is 68.7 Å². The average molecular weight is 476 g/mol. The number of anilines is 1. The number of hydrogen-bond donors (Lipinski definition) is 1. The number of carbonyl (C=O) groups is 2. The third kappa shape index (κ3) is 5.29. The molecule has 2 aromatic carbocycles. The van der Waals surface area contributed by atoms with Crippen molar-refractivity contribution in [2.45, 2.75) is 33.8 Å². The van der Waals surface area contributed by atoms with E-state index in [1.165, 1.54) is 23.5 Å². The molecule has 0 fully saturated rings. The van der Waals surface area contributed by atoms with Crippen molar-refractivity contribution < 1.29 is 23.5 Å². The standard InChI is InChI=1S/C24H23ClFNO4S/c1-5-30-24(29)20-19(16-6-8-17(26)9-7-16)12-32-23(20)27-22(28)15(4)31-18-10-13(2)21(25)14(3)11-18/h6-12,15H,5H2,1-4H3,(H,27,28). The van der Waals surface area contributed by atoms with Gasteiger partial charge in [-0.25, -0.2) is 9.18 Å². The van der Waals surface area contributed by atoms with Crippen LogP contribution in [0.25, 0.3) is 11.1 Å². The first-order valence-corrected chi connectivity index (χ1v) is 11.3. The van der Waals surface area contributed by atoms with Gasteiger partial charge in [0.15, 0.2) is 6.10 Å². The Kier molecular flexibility index (Phi) is 7.53. The molecule has 8 heteroatoms.